The molecule has 1 aromatic carbocycles. The van der Waals surface area contributed by atoms with Gasteiger partial charge in [0.25, 0.3) is 5.91 Å². The van der Waals surface area contributed by atoms with Crippen molar-refractivity contribution in [3.05, 3.63) is 66.6 Å². The Labute approximate surface area is 261 Å². The van der Waals surface area contributed by atoms with Crippen molar-refractivity contribution in [3.63, 3.8) is 0 Å². The normalized spacial score (nSPS) is 19.9. The number of ether oxygens (including phenoxy) is 1. The van der Waals surface area contributed by atoms with Gasteiger partial charge in [-0.25, -0.2) is 18.4 Å². The number of nitrogens with one attached hydrogen (secondary N) is 1. The Kier molecular flexibility index (Phi) is 7.00. The second kappa shape index (κ2) is 10.8. The van der Waals surface area contributed by atoms with E-state index >= 15 is 0 Å². The number of fused-ring (bicyclic) bond motifs is 3. The lowest BCUT2D eigenvalue weighted by Crippen LogP contribution is -2.46. The van der Waals surface area contributed by atoms with Gasteiger partial charge in [0.05, 0.1) is 17.6 Å². The average Bonchev–Trinajstić information content (AvgIpc) is 3.74. The number of amides is 1. The number of pyridine rings is 1. The van der Waals surface area contributed by atoms with Gasteiger partial charge in [-0.2, -0.15) is 14.7 Å². The van der Waals surface area contributed by atoms with E-state index < -0.39 is 16.0 Å². The minimum Gasteiger partial charge on any atom is -0.417 e. The van der Waals surface area contributed by atoms with Crippen LogP contribution in [-0.4, -0.2) is 93.8 Å². The van der Waals surface area contributed by atoms with Gasteiger partial charge in [0.2, 0.25) is 5.82 Å². The second-order valence-electron chi connectivity index (χ2n) is 11.5. The van der Waals surface area contributed by atoms with Gasteiger partial charge in [0, 0.05) is 47.1 Å². The first-order valence-corrected chi connectivity index (χ1v) is 16.2. The third-order valence-corrected chi connectivity index (χ3v) is 9.65. The first-order chi connectivity index (χ1) is 21.9. The van der Waals surface area contributed by atoms with Crippen molar-refractivity contribution < 1.29 is 33.3 Å². The zero-order chi connectivity index (χ0) is 32.4. The molecule has 2 fully saturated rings. The molecular weight excluding hydrogens is 618 g/mol. The van der Waals surface area contributed by atoms with E-state index in [0.29, 0.717) is 46.6 Å². The monoisotopic (exact) mass is 647 g/mol. The van der Waals surface area contributed by atoms with Crippen LogP contribution in [0.2, 0.25) is 0 Å². The quantitative estimate of drug-likeness (QED) is 0.156. The summed E-state index contributed by atoms with van der Waals surface area (Å²) < 4.78 is 32.1. The molecule has 5 aromatic rings. The molecule has 0 saturated carbocycles. The van der Waals surface area contributed by atoms with Gasteiger partial charge in [0.1, 0.15) is 22.8 Å². The summed E-state index contributed by atoms with van der Waals surface area (Å²) in [4.78, 5) is 28.4. The number of anilines is 1. The zero-order valence-electron chi connectivity index (χ0n) is 24.3. The summed E-state index contributed by atoms with van der Waals surface area (Å²) in [6, 6.07) is 9.52. The minimum atomic E-state index is -3.80. The fourth-order valence-corrected chi connectivity index (χ4v) is 7.68. The van der Waals surface area contributed by atoms with E-state index in [-0.39, 0.29) is 46.2 Å². The Hall–Kier alpha value is -4.97. The smallest absolute Gasteiger partial charge is 0.417 e. The number of aromatic amines is 1. The SMILES string of the molecule is CS(=O)(=O)c1c(C2CC3CCC(C2)N3C(=O)c2ncn[nH]2)nc2c(-c3ccc(-c4ccc(OC(O)(O)O)cc4)nc3)cnn2c1N. The van der Waals surface area contributed by atoms with Gasteiger partial charge >= 0.3 is 6.16 Å². The zero-order valence-corrected chi connectivity index (χ0v) is 25.2. The van der Waals surface area contributed by atoms with Crippen molar-refractivity contribution in [1.82, 2.24) is 39.7 Å². The van der Waals surface area contributed by atoms with Crippen LogP contribution in [0.5, 0.6) is 5.75 Å². The highest BCUT2D eigenvalue weighted by Crippen LogP contribution is 2.45. The lowest BCUT2D eigenvalue weighted by atomic mass is 9.87. The number of carbonyl (C=O) groups is 1. The predicted molar refractivity (Wildman–Crippen MR) is 161 cm³/mol. The third-order valence-electron chi connectivity index (χ3n) is 8.49. The maximum Gasteiger partial charge on any atom is 0.453 e. The van der Waals surface area contributed by atoms with Crippen molar-refractivity contribution in [1.29, 1.82) is 0 Å². The number of hydrogen-bond acceptors (Lipinski definition) is 13. The number of aliphatic hydroxyl groups is 3. The molecule has 6 heterocycles. The van der Waals surface area contributed by atoms with Gasteiger partial charge in [-0.05, 0) is 56.0 Å². The molecule has 0 radical (unpaired) electrons. The van der Waals surface area contributed by atoms with E-state index in [1.807, 2.05) is 11.0 Å². The molecule has 1 amide bonds. The molecule has 238 valence electrons. The summed E-state index contributed by atoms with van der Waals surface area (Å²) in [6.07, 6.45) is 4.89. The lowest BCUT2D eigenvalue weighted by Gasteiger charge is -2.38. The minimum absolute atomic E-state index is 0.0345. The van der Waals surface area contributed by atoms with Crippen LogP contribution in [0.4, 0.5) is 5.82 Å². The van der Waals surface area contributed by atoms with E-state index in [9.17, 15) is 13.2 Å². The van der Waals surface area contributed by atoms with Gasteiger partial charge in [-0.15, -0.1) is 0 Å². The van der Waals surface area contributed by atoms with Crippen molar-refractivity contribution >= 4 is 27.2 Å². The number of H-pyrrole nitrogens is 1. The summed E-state index contributed by atoms with van der Waals surface area (Å²) in [5.74, 6) is -0.323. The average molecular weight is 648 g/mol. The molecule has 16 nitrogen and oxygen atoms in total. The van der Waals surface area contributed by atoms with Crippen LogP contribution in [0.1, 0.15) is 47.9 Å². The van der Waals surface area contributed by atoms with E-state index in [0.717, 1.165) is 19.1 Å². The van der Waals surface area contributed by atoms with E-state index in [4.69, 9.17) is 26.0 Å². The molecule has 2 bridgehead atoms. The number of carbonyl (C=O) groups excluding carboxylic acids is 1. The highest BCUT2D eigenvalue weighted by atomic mass is 32.2. The van der Waals surface area contributed by atoms with Gasteiger partial charge in [-0.3, -0.25) is 14.9 Å². The van der Waals surface area contributed by atoms with Crippen LogP contribution < -0.4 is 10.5 Å². The summed E-state index contributed by atoms with van der Waals surface area (Å²) in [5.41, 5.74) is 9.81. The first-order valence-electron chi connectivity index (χ1n) is 14.4. The van der Waals surface area contributed by atoms with Crippen LogP contribution in [0.25, 0.3) is 28.0 Å². The van der Waals surface area contributed by atoms with Crippen LogP contribution in [0.3, 0.4) is 0 Å². The van der Waals surface area contributed by atoms with E-state index in [2.05, 4.69) is 30.0 Å². The maximum absolute atomic E-state index is 13.2. The molecule has 2 aliphatic rings. The Morgan fingerprint density at radius 2 is 1.72 bits per heavy atom. The topological polar surface area (TPSA) is 235 Å². The van der Waals surface area contributed by atoms with Crippen molar-refractivity contribution in [2.75, 3.05) is 12.0 Å². The molecule has 0 spiro atoms. The number of rotatable bonds is 7. The molecule has 4 aromatic heterocycles. The molecule has 2 saturated heterocycles. The van der Waals surface area contributed by atoms with Crippen LogP contribution in [0.15, 0.2) is 60.0 Å². The molecular formula is C29H29N9O7S. The van der Waals surface area contributed by atoms with Crippen molar-refractivity contribution in [3.8, 4) is 28.1 Å². The highest BCUT2D eigenvalue weighted by Gasteiger charge is 2.46. The molecule has 46 heavy (non-hydrogen) atoms. The van der Waals surface area contributed by atoms with Crippen LogP contribution in [0, 0.1) is 0 Å². The fourth-order valence-electron chi connectivity index (χ4n) is 6.62. The maximum atomic E-state index is 13.2. The summed E-state index contributed by atoms with van der Waals surface area (Å²) in [7, 11) is -3.80. The van der Waals surface area contributed by atoms with Gasteiger partial charge < -0.3 is 30.7 Å². The summed E-state index contributed by atoms with van der Waals surface area (Å²) in [5, 5.41) is 37.8. The Morgan fingerprint density at radius 1 is 1.02 bits per heavy atom. The molecule has 0 aliphatic carbocycles. The lowest BCUT2D eigenvalue weighted by molar-refractivity contribution is -0.419. The fraction of sp³-hybridized carbons (Fsp3) is 0.310. The summed E-state index contributed by atoms with van der Waals surface area (Å²) >= 11 is 0. The number of piperidine rings is 1. The first kappa shape index (κ1) is 29.7. The highest BCUT2D eigenvalue weighted by molar-refractivity contribution is 7.91. The molecule has 7 rings (SSSR count). The Morgan fingerprint density at radius 3 is 2.30 bits per heavy atom. The summed E-state index contributed by atoms with van der Waals surface area (Å²) in [6.45, 7) is 0. The number of sulfone groups is 1. The van der Waals surface area contributed by atoms with Gasteiger partial charge in [-0.1, -0.05) is 6.07 Å². The number of nitrogens with two attached hydrogens (primary N) is 1. The molecule has 17 heteroatoms. The number of nitrogens with zero attached hydrogens (tertiary/aromatic N) is 7. The predicted octanol–water partition coefficient (Wildman–Crippen LogP) is 1.08. The molecule has 2 atom stereocenters. The molecule has 6 N–H and O–H groups in total. The molecule has 2 aliphatic heterocycles. The number of aromatic nitrogens is 7. The number of benzene rings is 1. The second-order valence-corrected chi connectivity index (χ2v) is 13.5. The van der Waals surface area contributed by atoms with Crippen molar-refractivity contribution in [2.45, 2.75) is 54.7 Å². The third kappa shape index (κ3) is 5.32. The van der Waals surface area contributed by atoms with Gasteiger partial charge in [0.15, 0.2) is 15.5 Å². The number of hydrogen-bond donors (Lipinski definition) is 5. The largest absolute Gasteiger partial charge is 0.453 e. The Bertz CT molecular complexity index is 2030. The van der Waals surface area contributed by atoms with E-state index in [1.165, 1.54) is 23.0 Å². The Balaban J connectivity index is 1.22. The standard InChI is InChI=1S/C29H29N9O7S/c1-46(43,44)24-23(17-10-18-5-6-19(11-17)37(18)28(39)26-32-14-33-36-26)35-27-21(13-34-38(27)25(24)30)16-4-9-22(31-12-16)15-2-7-20(8-3-15)45-29(40,41)42/h2-4,7-9,12-14,17-19,40-42H,5-6,10-11,30H2,1H3,(H,32,33,36). The van der Waals surface area contributed by atoms with Crippen molar-refractivity contribution in [2.24, 2.45) is 0 Å². The van der Waals surface area contributed by atoms with Crippen LogP contribution >= 0.6 is 0 Å². The van der Waals surface area contributed by atoms with E-state index in [1.54, 1.807) is 30.6 Å². The number of nitrogen functional groups attached to an aromatic ring is 1. The molecule has 2 unspecified atom stereocenters. The van der Waals surface area contributed by atoms with Crippen LogP contribution in [-0.2, 0) is 9.84 Å².